The van der Waals surface area contributed by atoms with Crippen molar-refractivity contribution < 1.29 is 115 Å². The predicted molar refractivity (Wildman–Crippen MR) is 352 cm³/mol. The second-order valence-corrected chi connectivity index (χ2v) is 29.3. The standard InChI is InChI=1S/C72H99N7O16S.Tb/c1-40(2)61(77-60(81)16-11-9-10-14-45-35-73-70(96)74-36-45)69(83)76-53(15-12-13-27-78(6)7)68(82)75-46-19-17-44(18-20-46)38-86-71(84)79-37-51(87-39-79)32-58-62(85-8)52-31-47(80)30-49-22-24-55-63(90-49)67-66-65(92-55)64-59(93-66)34-72(94-64,95-67)26-25-50-29-42(4)54(88-50)23-21-48-28-41(3)43(5)56(89-48)33-57(52)91-58;/h17-20,35-36,40-41,48-59,61-67H,4-5,9,11-13,15-16,21-34,37-39H2,1-3,6-8H3,(H,75,82)(H,76,83)(H,77,81)(H,73,74,96);/p-1/t41-,48+,49-,50+,51+,52+,53+,54?,55+,56-,57+,58-,59?,61+,62-,63+,64+,65+,66-,67+,72+;/m1./s1. The molecule has 1 spiro atoms. The Labute approximate surface area is 606 Å². The molecule has 2 aromatic rings. The predicted octanol–water partition coefficient (Wildman–Crippen LogP) is 7.33. The van der Waals surface area contributed by atoms with E-state index in [9.17, 15) is 24.0 Å². The number of unbranched alkanes of at least 4 members (excludes halogenated alkanes) is 2. The topological polar surface area (TPSA) is 255 Å². The van der Waals surface area contributed by atoms with E-state index in [0.717, 1.165) is 62.6 Å². The average molecular weight is 1510 g/mol. The largest absolute Gasteiger partial charge is 0.740 e. The van der Waals surface area contributed by atoms with Crippen molar-refractivity contribution in [1.82, 2.24) is 30.4 Å². The van der Waals surface area contributed by atoms with Gasteiger partial charge in [0.1, 0.15) is 61.7 Å². The van der Waals surface area contributed by atoms with Crippen LogP contribution in [0.2, 0.25) is 0 Å². The van der Waals surface area contributed by atoms with Crippen molar-refractivity contribution in [1.29, 1.82) is 0 Å². The van der Waals surface area contributed by atoms with Crippen LogP contribution < -0.4 is 16.0 Å². The number of carbonyl (C=O) groups excluding carboxylic acids is 5. The average Bonchev–Trinajstić information content (AvgIpc) is 1.55. The zero-order chi connectivity index (χ0) is 67.4. The van der Waals surface area contributed by atoms with Gasteiger partial charge in [0.15, 0.2) is 5.79 Å². The molecule has 25 heteroatoms. The summed E-state index contributed by atoms with van der Waals surface area (Å²) < 4.78 is 73.5. The molecule has 13 rings (SSSR count). The van der Waals surface area contributed by atoms with E-state index in [1.165, 1.54) is 4.90 Å². The van der Waals surface area contributed by atoms with Gasteiger partial charge in [-0.3, -0.25) is 34.0 Å². The van der Waals surface area contributed by atoms with Crippen molar-refractivity contribution in [3.05, 3.63) is 72.1 Å². The van der Waals surface area contributed by atoms with Crippen LogP contribution in [-0.2, 0) is 90.5 Å². The molecule has 0 saturated carbocycles. The monoisotopic (exact) mass is 1510 g/mol. The van der Waals surface area contributed by atoms with Crippen LogP contribution in [0.3, 0.4) is 0 Å². The van der Waals surface area contributed by atoms with Gasteiger partial charge in [-0.15, -0.1) is 0 Å². The Morgan fingerprint density at radius 3 is 2.33 bits per heavy atom. The number of ketones is 1. The van der Waals surface area contributed by atoms with Crippen molar-refractivity contribution >= 4 is 47.9 Å². The van der Waals surface area contributed by atoms with E-state index in [2.05, 4.69) is 62.7 Å². The smallest absolute Gasteiger partial charge is 0.412 e. The number of methoxy groups -OCH3 is 1. The second kappa shape index (κ2) is 33.3. The summed E-state index contributed by atoms with van der Waals surface area (Å²) in [5.41, 5.74) is 3.93. The van der Waals surface area contributed by atoms with Crippen LogP contribution in [0.25, 0.3) is 0 Å². The summed E-state index contributed by atoms with van der Waals surface area (Å²) in [5, 5.41) is 9.01. The molecular weight excluding hydrogens is 1410 g/mol. The Morgan fingerprint density at radius 2 is 1.56 bits per heavy atom. The number of fused-ring (bicyclic) bond motifs is 6. The zero-order valence-corrected chi connectivity index (χ0v) is 59.8. The SMILES string of the molecule is C=C1C[C@@H]2CC[C@@]34CC5O[C@H]6[C@@H](O3)[C@H]3O[C@H](CC[C@@H]3O[C@H]6[C@H]5O4)CC(=O)C[C@@H]3[C@@H](OC)[C@@H](C[C@H]4CN(C(=O)OCc5ccc(NC(=O)[C@H](CCCCN(C)C)NC(=O)[C@@H](NC(=O)CCCC#Cc6cnc([S-])nc6)C(C)C)cc5)CO4)O[C@H]3C[C@H]3O[C@@H](CCC1O2)C[C@@H](C)C3=C.[Tb]. The molecule has 1 aromatic heterocycles. The van der Waals surface area contributed by atoms with Crippen LogP contribution in [0, 0.1) is 68.2 Å². The first-order chi connectivity index (χ1) is 46.2. The number of aromatic nitrogens is 2. The number of nitrogens with one attached hydrogen (secondary N) is 3. The van der Waals surface area contributed by atoms with Crippen LogP contribution in [0.4, 0.5) is 10.5 Å². The molecule has 97 heavy (non-hydrogen) atoms. The van der Waals surface area contributed by atoms with Crippen LogP contribution in [-0.4, -0.2) is 206 Å². The molecule has 12 bridgehead atoms. The van der Waals surface area contributed by atoms with Crippen LogP contribution in [0.1, 0.15) is 154 Å². The summed E-state index contributed by atoms with van der Waals surface area (Å²) in [4.78, 5) is 80.8. The maximum Gasteiger partial charge on any atom is 0.412 e. The minimum atomic E-state index is -0.882. The fourth-order valence-corrected chi connectivity index (χ4v) is 16.2. The molecule has 0 aliphatic carbocycles. The molecule has 1 aromatic carbocycles. The first-order valence-electron chi connectivity index (χ1n) is 35.1. The number of nitrogens with zero attached hydrogens (tertiary/aromatic N) is 4. The van der Waals surface area contributed by atoms with Gasteiger partial charge >= 0.3 is 6.09 Å². The minimum Gasteiger partial charge on any atom is -0.740 e. The molecule has 23 nitrogen and oxygen atoms in total. The number of amides is 4. The number of Topliss-reactive ketones (excluding diaryl/α,β-unsaturated/α-hetero) is 1. The third kappa shape index (κ3) is 18.2. The quantitative estimate of drug-likeness (QED) is 0.0409. The fourth-order valence-electron chi connectivity index (χ4n) is 16.1. The van der Waals surface area contributed by atoms with Crippen molar-refractivity contribution in [2.24, 2.45) is 17.8 Å². The van der Waals surface area contributed by atoms with E-state index in [1.807, 2.05) is 27.9 Å². The van der Waals surface area contributed by atoms with E-state index in [1.54, 1.807) is 43.8 Å². The molecule has 2 unspecified atom stereocenters. The molecular formula is C72H98N7O16STb-. The zero-order valence-electron chi connectivity index (χ0n) is 56.8. The van der Waals surface area contributed by atoms with E-state index >= 15 is 0 Å². The van der Waals surface area contributed by atoms with E-state index in [0.29, 0.717) is 74.6 Å². The van der Waals surface area contributed by atoms with Crippen LogP contribution >= 0.6 is 0 Å². The van der Waals surface area contributed by atoms with Gasteiger partial charge in [-0.1, -0.05) is 57.9 Å². The summed E-state index contributed by atoms with van der Waals surface area (Å²) in [6.45, 7) is 16.0. The maximum absolute atomic E-state index is 14.6. The number of carbonyl (C=O) groups is 5. The van der Waals surface area contributed by atoms with E-state index in [-0.39, 0.29) is 173 Å². The molecule has 21 atom stereocenters. The molecule has 11 aliphatic heterocycles. The number of hydrogen-bond acceptors (Lipinski definition) is 20. The number of ether oxygens (including phenoxy) is 11. The number of hydrogen-bond donors (Lipinski definition) is 3. The Morgan fingerprint density at radius 1 is 0.814 bits per heavy atom. The van der Waals surface area contributed by atoms with Gasteiger partial charge in [-0.05, 0) is 132 Å². The third-order valence-corrected chi connectivity index (χ3v) is 21.5. The van der Waals surface area contributed by atoms with Gasteiger partial charge in [0, 0.05) is 126 Å². The second-order valence-electron chi connectivity index (χ2n) is 29.0. The number of benzene rings is 1. The summed E-state index contributed by atoms with van der Waals surface area (Å²) >= 11 is 4.93. The summed E-state index contributed by atoms with van der Waals surface area (Å²) in [6.07, 6.45) is 9.10. The molecule has 1 radical (unpaired) electrons. The van der Waals surface area contributed by atoms with Crippen molar-refractivity contribution in [2.45, 2.75) is 270 Å². The van der Waals surface area contributed by atoms with Crippen LogP contribution in [0.15, 0.2) is 66.1 Å². The van der Waals surface area contributed by atoms with E-state index < -0.39 is 72.4 Å². The molecule has 533 valence electrons. The molecule has 11 fully saturated rings. The molecule has 11 aliphatic rings. The third-order valence-electron chi connectivity index (χ3n) is 21.2. The normalized spacial score (nSPS) is 35.0. The molecule has 3 N–H and O–H groups in total. The van der Waals surface area contributed by atoms with Crippen LogP contribution in [0.5, 0.6) is 0 Å². The summed E-state index contributed by atoms with van der Waals surface area (Å²) in [5.74, 6) is 3.68. The molecule has 11 saturated heterocycles. The minimum absolute atomic E-state index is 0. The van der Waals surface area contributed by atoms with Crippen molar-refractivity contribution in [3.63, 3.8) is 0 Å². The Balaban J connectivity index is 0.00000954. The van der Waals surface area contributed by atoms with Gasteiger partial charge in [0.05, 0.1) is 79.3 Å². The van der Waals surface area contributed by atoms with Gasteiger partial charge < -0.3 is 85.6 Å². The summed E-state index contributed by atoms with van der Waals surface area (Å²) in [6, 6.07) is 5.21. The fraction of sp³-hybridized carbons (Fsp3) is 0.708. The Bertz CT molecular complexity index is 3180. The van der Waals surface area contributed by atoms with Gasteiger partial charge in [0.2, 0.25) is 17.7 Å². The van der Waals surface area contributed by atoms with Crippen molar-refractivity contribution in [3.8, 4) is 11.8 Å². The number of rotatable bonds is 19. The van der Waals surface area contributed by atoms with Gasteiger partial charge in [-0.25, -0.2) is 4.79 Å². The molecule has 4 amide bonds. The van der Waals surface area contributed by atoms with Gasteiger partial charge in [-0.2, -0.15) is 0 Å². The maximum atomic E-state index is 14.6. The number of anilines is 1. The van der Waals surface area contributed by atoms with Crippen molar-refractivity contribution in [2.75, 3.05) is 46.3 Å². The van der Waals surface area contributed by atoms with Gasteiger partial charge in [0.25, 0.3) is 0 Å². The van der Waals surface area contributed by atoms with E-state index in [4.69, 9.17) is 64.7 Å². The summed E-state index contributed by atoms with van der Waals surface area (Å²) in [7, 11) is 5.63. The first kappa shape index (κ1) is 74.0. The Hall–Kier alpha value is -4.24. The molecule has 12 heterocycles. The first-order valence-corrected chi connectivity index (χ1v) is 35.5. The Kier molecular flexibility index (Phi) is 25.4.